The molecule has 0 bridgehead atoms. The largest absolute Gasteiger partial charge is 0.315 e. The van der Waals surface area contributed by atoms with Crippen molar-refractivity contribution < 1.29 is 0 Å². The highest BCUT2D eigenvalue weighted by Crippen LogP contribution is 2.18. The van der Waals surface area contributed by atoms with E-state index in [0.29, 0.717) is 11.2 Å². The minimum absolute atomic E-state index is 0.638. The molecule has 0 aliphatic carbocycles. The Hall–Kier alpha value is -0.640. The average Bonchev–Trinajstić information content (AvgIpc) is 2.85. The Morgan fingerprint density at radius 1 is 1.59 bits per heavy atom. The predicted molar refractivity (Wildman–Crippen MR) is 71.2 cm³/mol. The summed E-state index contributed by atoms with van der Waals surface area (Å²) in [4.78, 5) is 6.66. The highest BCUT2D eigenvalue weighted by Gasteiger charge is 2.22. The van der Waals surface area contributed by atoms with Gasteiger partial charge in [0.1, 0.15) is 5.15 Å². The number of rotatable bonds is 5. The van der Waals surface area contributed by atoms with Crippen LogP contribution in [0.3, 0.4) is 0 Å². The monoisotopic (exact) mass is 253 g/mol. The molecule has 3 nitrogen and oxygen atoms in total. The first-order chi connectivity index (χ1) is 8.31. The summed E-state index contributed by atoms with van der Waals surface area (Å²) >= 11 is 6.12. The van der Waals surface area contributed by atoms with Crippen molar-refractivity contribution in [3.8, 4) is 0 Å². The third-order valence-corrected chi connectivity index (χ3v) is 3.61. The van der Waals surface area contributed by atoms with Gasteiger partial charge in [0.15, 0.2) is 0 Å². The third-order valence-electron chi connectivity index (χ3n) is 3.27. The lowest BCUT2D eigenvalue weighted by molar-refractivity contribution is 0.199. The molecule has 1 aromatic heterocycles. The minimum atomic E-state index is 0.638. The van der Waals surface area contributed by atoms with E-state index in [9.17, 15) is 0 Å². The number of hydrogen-bond donors (Lipinski definition) is 1. The van der Waals surface area contributed by atoms with Crippen LogP contribution in [0.4, 0.5) is 0 Å². The Bertz CT molecular complexity index is 350. The highest BCUT2D eigenvalue weighted by atomic mass is 35.5. The molecule has 0 saturated carbocycles. The van der Waals surface area contributed by atoms with Gasteiger partial charge in [0, 0.05) is 30.9 Å². The van der Waals surface area contributed by atoms with Crippen LogP contribution in [-0.4, -0.2) is 35.6 Å². The Kier molecular flexibility index (Phi) is 4.77. The normalized spacial score (nSPS) is 20.1. The molecule has 1 N–H and O–H groups in total. The SMILES string of the molecule is CCCN(Cc1cccnc1Cl)C1CCNC1. The second-order valence-electron chi connectivity index (χ2n) is 4.57. The van der Waals surface area contributed by atoms with Gasteiger partial charge in [-0.05, 0) is 32.0 Å². The predicted octanol–water partition coefficient (Wildman–Crippen LogP) is 2.31. The van der Waals surface area contributed by atoms with Crippen LogP contribution in [0.15, 0.2) is 18.3 Å². The van der Waals surface area contributed by atoms with Crippen molar-refractivity contribution in [3.05, 3.63) is 29.0 Å². The van der Waals surface area contributed by atoms with Crippen molar-refractivity contribution in [3.63, 3.8) is 0 Å². The number of aromatic nitrogens is 1. The second kappa shape index (κ2) is 6.34. The van der Waals surface area contributed by atoms with E-state index < -0.39 is 0 Å². The summed E-state index contributed by atoms with van der Waals surface area (Å²) in [5.74, 6) is 0. The van der Waals surface area contributed by atoms with Crippen LogP contribution in [0, 0.1) is 0 Å². The van der Waals surface area contributed by atoms with Crippen molar-refractivity contribution in [1.29, 1.82) is 0 Å². The Balaban J connectivity index is 2.04. The summed E-state index contributed by atoms with van der Waals surface area (Å²) in [7, 11) is 0. The van der Waals surface area contributed by atoms with E-state index in [2.05, 4.69) is 28.2 Å². The van der Waals surface area contributed by atoms with Crippen molar-refractivity contribution in [2.75, 3.05) is 19.6 Å². The van der Waals surface area contributed by atoms with Crippen molar-refractivity contribution in [2.45, 2.75) is 32.4 Å². The standard InChI is InChI=1S/C13H20ClN3/c1-2-8-17(12-5-7-15-9-12)10-11-4-3-6-16-13(11)14/h3-4,6,12,15H,2,5,7-10H2,1H3. The molecule has 1 atom stereocenters. The van der Waals surface area contributed by atoms with Crippen LogP contribution in [0.25, 0.3) is 0 Å². The van der Waals surface area contributed by atoms with E-state index in [4.69, 9.17) is 11.6 Å². The number of hydrogen-bond acceptors (Lipinski definition) is 3. The van der Waals surface area contributed by atoms with Crippen molar-refractivity contribution >= 4 is 11.6 Å². The van der Waals surface area contributed by atoms with Crippen LogP contribution < -0.4 is 5.32 Å². The Labute approximate surface area is 108 Å². The van der Waals surface area contributed by atoms with E-state index in [1.807, 2.05) is 6.07 Å². The summed E-state index contributed by atoms with van der Waals surface area (Å²) in [5, 5.41) is 4.06. The Morgan fingerprint density at radius 2 is 2.47 bits per heavy atom. The van der Waals surface area contributed by atoms with Crippen LogP contribution >= 0.6 is 11.6 Å². The number of halogens is 1. The molecule has 0 aromatic carbocycles. The maximum atomic E-state index is 6.12. The van der Waals surface area contributed by atoms with Crippen LogP contribution in [-0.2, 0) is 6.54 Å². The van der Waals surface area contributed by atoms with Gasteiger partial charge in [-0.2, -0.15) is 0 Å². The fourth-order valence-corrected chi connectivity index (χ4v) is 2.56. The average molecular weight is 254 g/mol. The van der Waals surface area contributed by atoms with Gasteiger partial charge in [0.05, 0.1) is 0 Å². The summed E-state index contributed by atoms with van der Waals surface area (Å²) in [6, 6.07) is 4.67. The van der Waals surface area contributed by atoms with Gasteiger partial charge in [0.25, 0.3) is 0 Å². The smallest absolute Gasteiger partial charge is 0.133 e. The van der Waals surface area contributed by atoms with Crippen LogP contribution in [0.2, 0.25) is 5.15 Å². The molecular formula is C13H20ClN3. The zero-order chi connectivity index (χ0) is 12.1. The van der Waals surface area contributed by atoms with Gasteiger partial charge in [-0.3, -0.25) is 4.90 Å². The zero-order valence-corrected chi connectivity index (χ0v) is 11.1. The van der Waals surface area contributed by atoms with Crippen molar-refractivity contribution in [2.24, 2.45) is 0 Å². The molecular weight excluding hydrogens is 234 g/mol. The first-order valence-corrected chi connectivity index (χ1v) is 6.73. The summed E-state index contributed by atoms with van der Waals surface area (Å²) in [6.45, 7) is 6.48. The van der Waals surface area contributed by atoms with Crippen molar-refractivity contribution in [1.82, 2.24) is 15.2 Å². The molecule has 0 spiro atoms. The van der Waals surface area contributed by atoms with Crippen LogP contribution in [0.5, 0.6) is 0 Å². The molecule has 1 saturated heterocycles. The summed E-state index contributed by atoms with van der Waals surface area (Å²) < 4.78 is 0. The Morgan fingerprint density at radius 3 is 3.12 bits per heavy atom. The van der Waals surface area contributed by atoms with E-state index in [1.165, 1.54) is 12.8 Å². The molecule has 1 aromatic rings. The molecule has 0 amide bonds. The topological polar surface area (TPSA) is 28.2 Å². The molecule has 2 rings (SSSR count). The van der Waals surface area contributed by atoms with Gasteiger partial charge in [-0.25, -0.2) is 4.98 Å². The fraction of sp³-hybridized carbons (Fsp3) is 0.615. The van der Waals surface area contributed by atoms with Gasteiger partial charge in [0.2, 0.25) is 0 Å². The quantitative estimate of drug-likeness (QED) is 0.817. The van der Waals surface area contributed by atoms with E-state index in [0.717, 1.165) is 31.7 Å². The fourth-order valence-electron chi connectivity index (χ4n) is 2.39. The maximum Gasteiger partial charge on any atom is 0.133 e. The lowest BCUT2D eigenvalue weighted by Gasteiger charge is -2.28. The minimum Gasteiger partial charge on any atom is -0.315 e. The lowest BCUT2D eigenvalue weighted by atomic mass is 10.1. The van der Waals surface area contributed by atoms with Gasteiger partial charge < -0.3 is 5.32 Å². The first kappa shape index (κ1) is 12.8. The molecule has 94 valence electrons. The molecule has 1 fully saturated rings. The number of nitrogens with zero attached hydrogens (tertiary/aromatic N) is 2. The number of pyridine rings is 1. The molecule has 2 heterocycles. The second-order valence-corrected chi connectivity index (χ2v) is 4.93. The summed E-state index contributed by atoms with van der Waals surface area (Å²) in [5.41, 5.74) is 1.13. The zero-order valence-electron chi connectivity index (χ0n) is 10.3. The third kappa shape index (κ3) is 3.41. The maximum absolute atomic E-state index is 6.12. The molecule has 1 aliphatic heterocycles. The van der Waals surface area contributed by atoms with E-state index in [-0.39, 0.29) is 0 Å². The van der Waals surface area contributed by atoms with E-state index in [1.54, 1.807) is 6.20 Å². The van der Waals surface area contributed by atoms with E-state index >= 15 is 0 Å². The molecule has 1 aliphatic rings. The number of nitrogens with one attached hydrogen (secondary N) is 1. The first-order valence-electron chi connectivity index (χ1n) is 6.35. The highest BCUT2D eigenvalue weighted by molar-refractivity contribution is 6.30. The van der Waals surface area contributed by atoms with Gasteiger partial charge >= 0.3 is 0 Å². The molecule has 0 radical (unpaired) electrons. The van der Waals surface area contributed by atoms with Gasteiger partial charge in [-0.15, -0.1) is 0 Å². The van der Waals surface area contributed by atoms with Gasteiger partial charge in [-0.1, -0.05) is 24.6 Å². The lowest BCUT2D eigenvalue weighted by Crippen LogP contribution is -2.37. The molecule has 4 heteroatoms. The molecule has 1 unspecified atom stereocenters. The summed E-state index contributed by atoms with van der Waals surface area (Å²) in [6.07, 6.45) is 4.15. The molecule has 17 heavy (non-hydrogen) atoms. The van der Waals surface area contributed by atoms with Crippen LogP contribution in [0.1, 0.15) is 25.3 Å².